The van der Waals surface area contributed by atoms with Crippen molar-refractivity contribution in [3.8, 4) is 5.75 Å². The van der Waals surface area contributed by atoms with Crippen molar-refractivity contribution in [3.63, 3.8) is 0 Å². The van der Waals surface area contributed by atoms with Gasteiger partial charge in [-0.3, -0.25) is 0 Å². The molecule has 0 bridgehead atoms. The van der Waals surface area contributed by atoms with E-state index >= 15 is 0 Å². The van der Waals surface area contributed by atoms with E-state index in [4.69, 9.17) is 21.4 Å². The standard InChI is InChI=1S/C22H15BrClF3O3/c23-18-9-16(24)7-14(6-3-12-1-4-13(5-2-12)22(28)29)21(18)30-11-15-8-17(25)10-19(26)20(15)27/h1-2,4-5,7-10H,3,6,11H2,(H,28,29). The third-order valence-electron chi connectivity index (χ3n) is 4.41. The predicted molar refractivity (Wildman–Crippen MR) is 111 cm³/mol. The number of hydrogen-bond donors (Lipinski definition) is 1. The Hall–Kier alpha value is -2.51. The molecule has 0 aliphatic rings. The summed E-state index contributed by atoms with van der Waals surface area (Å²) in [6.45, 7) is -0.374. The highest BCUT2D eigenvalue weighted by atomic mass is 79.9. The van der Waals surface area contributed by atoms with Crippen LogP contribution in [0.1, 0.15) is 27.0 Å². The van der Waals surface area contributed by atoms with Gasteiger partial charge in [-0.1, -0.05) is 23.7 Å². The largest absolute Gasteiger partial charge is 0.487 e. The zero-order valence-corrected chi connectivity index (χ0v) is 17.7. The molecule has 30 heavy (non-hydrogen) atoms. The Kier molecular flexibility index (Phi) is 7.05. The lowest BCUT2D eigenvalue weighted by molar-refractivity contribution is 0.0697. The van der Waals surface area contributed by atoms with Gasteiger partial charge in [-0.05, 0) is 70.2 Å². The molecular weight excluding hydrogens is 485 g/mol. The Morgan fingerprint density at radius 1 is 1.00 bits per heavy atom. The van der Waals surface area contributed by atoms with Crippen LogP contribution >= 0.6 is 27.5 Å². The summed E-state index contributed by atoms with van der Waals surface area (Å²) in [5.74, 6) is -3.97. The summed E-state index contributed by atoms with van der Waals surface area (Å²) in [6, 6.07) is 11.1. The molecule has 0 aliphatic heterocycles. The minimum atomic E-state index is -1.28. The lowest BCUT2D eigenvalue weighted by Crippen LogP contribution is -2.05. The van der Waals surface area contributed by atoms with E-state index in [2.05, 4.69) is 15.9 Å². The first kappa shape index (κ1) is 22.2. The fraction of sp³-hybridized carbons (Fsp3) is 0.136. The predicted octanol–water partition coefficient (Wildman–Crippen LogP) is 6.58. The molecule has 0 fully saturated rings. The molecule has 3 rings (SSSR count). The Balaban J connectivity index is 1.79. The normalized spacial score (nSPS) is 10.8. The second-order valence-corrected chi connectivity index (χ2v) is 7.82. The summed E-state index contributed by atoms with van der Waals surface area (Å²) in [7, 11) is 0. The van der Waals surface area contributed by atoms with Crippen LogP contribution in [0.2, 0.25) is 5.02 Å². The highest BCUT2D eigenvalue weighted by Crippen LogP contribution is 2.34. The lowest BCUT2D eigenvalue weighted by Gasteiger charge is -2.15. The monoisotopic (exact) mass is 498 g/mol. The van der Waals surface area contributed by atoms with Gasteiger partial charge in [0.2, 0.25) is 0 Å². The molecule has 0 atom stereocenters. The van der Waals surface area contributed by atoms with E-state index in [0.29, 0.717) is 39.7 Å². The van der Waals surface area contributed by atoms with E-state index < -0.39 is 23.4 Å². The van der Waals surface area contributed by atoms with Crippen molar-refractivity contribution in [1.29, 1.82) is 0 Å². The lowest BCUT2D eigenvalue weighted by atomic mass is 10.0. The molecule has 0 heterocycles. The van der Waals surface area contributed by atoms with Crippen LogP contribution in [0.15, 0.2) is 53.0 Å². The number of benzene rings is 3. The molecule has 8 heteroatoms. The summed E-state index contributed by atoms with van der Waals surface area (Å²) >= 11 is 9.49. The quantitative estimate of drug-likeness (QED) is 0.373. The van der Waals surface area contributed by atoms with Crippen molar-refractivity contribution in [2.45, 2.75) is 19.4 Å². The first-order valence-electron chi connectivity index (χ1n) is 8.81. The number of ether oxygens (including phenoxy) is 1. The second-order valence-electron chi connectivity index (χ2n) is 6.53. The average Bonchev–Trinajstić information content (AvgIpc) is 2.69. The van der Waals surface area contributed by atoms with E-state index in [1.54, 1.807) is 24.3 Å². The average molecular weight is 500 g/mol. The van der Waals surface area contributed by atoms with Gasteiger partial charge in [-0.25, -0.2) is 18.0 Å². The molecule has 3 aromatic carbocycles. The van der Waals surface area contributed by atoms with E-state index in [1.165, 1.54) is 12.1 Å². The number of aryl methyl sites for hydroxylation is 2. The van der Waals surface area contributed by atoms with Gasteiger partial charge >= 0.3 is 5.97 Å². The molecule has 0 saturated heterocycles. The third-order valence-corrected chi connectivity index (χ3v) is 5.22. The molecule has 0 aromatic heterocycles. The van der Waals surface area contributed by atoms with Crippen LogP contribution in [0.25, 0.3) is 0 Å². The van der Waals surface area contributed by atoms with Crippen LogP contribution in [0, 0.1) is 17.5 Å². The smallest absolute Gasteiger partial charge is 0.335 e. The summed E-state index contributed by atoms with van der Waals surface area (Å²) < 4.78 is 46.9. The Bertz CT molecular complexity index is 1090. The van der Waals surface area contributed by atoms with E-state index in [9.17, 15) is 18.0 Å². The van der Waals surface area contributed by atoms with Crippen LogP contribution in [0.5, 0.6) is 5.75 Å². The maximum absolute atomic E-state index is 13.9. The van der Waals surface area contributed by atoms with E-state index in [0.717, 1.165) is 11.6 Å². The molecule has 0 saturated carbocycles. The first-order valence-corrected chi connectivity index (χ1v) is 9.98. The van der Waals surface area contributed by atoms with Crippen molar-refractivity contribution in [1.82, 2.24) is 0 Å². The molecule has 1 N–H and O–H groups in total. The molecule has 3 aromatic rings. The van der Waals surface area contributed by atoms with Gasteiger partial charge in [0.15, 0.2) is 11.6 Å². The molecular formula is C22H15BrClF3O3. The molecule has 0 amide bonds. The fourth-order valence-corrected chi connectivity index (χ4v) is 3.91. The molecule has 3 nitrogen and oxygen atoms in total. The highest BCUT2D eigenvalue weighted by Gasteiger charge is 2.15. The van der Waals surface area contributed by atoms with Crippen LogP contribution in [-0.2, 0) is 19.4 Å². The van der Waals surface area contributed by atoms with E-state index in [-0.39, 0.29) is 17.7 Å². The van der Waals surface area contributed by atoms with Crippen LogP contribution < -0.4 is 4.74 Å². The van der Waals surface area contributed by atoms with Gasteiger partial charge in [-0.2, -0.15) is 0 Å². The Morgan fingerprint density at radius 2 is 1.70 bits per heavy atom. The maximum atomic E-state index is 13.9. The van der Waals surface area contributed by atoms with Gasteiger partial charge < -0.3 is 9.84 Å². The topological polar surface area (TPSA) is 46.5 Å². The molecule has 0 unspecified atom stereocenters. The first-order chi connectivity index (χ1) is 14.2. The Labute approximate surface area is 184 Å². The van der Waals surface area contributed by atoms with Gasteiger partial charge in [0.1, 0.15) is 18.2 Å². The van der Waals surface area contributed by atoms with Gasteiger partial charge in [0, 0.05) is 16.7 Å². The fourth-order valence-electron chi connectivity index (χ4n) is 2.92. The highest BCUT2D eigenvalue weighted by molar-refractivity contribution is 9.10. The van der Waals surface area contributed by atoms with E-state index in [1.807, 2.05) is 0 Å². The molecule has 0 spiro atoms. The second kappa shape index (κ2) is 9.53. The van der Waals surface area contributed by atoms with Gasteiger partial charge in [0.05, 0.1) is 10.0 Å². The number of rotatable bonds is 7. The summed E-state index contributed by atoms with van der Waals surface area (Å²) in [5, 5.41) is 9.43. The van der Waals surface area contributed by atoms with Crippen LogP contribution in [-0.4, -0.2) is 11.1 Å². The maximum Gasteiger partial charge on any atom is 0.335 e. The van der Waals surface area contributed by atoms with Crippen molar-refractivity contribution in [2.24, 2.45) is 0 Å². The zero-order chi connectivity index (χ0) is 21.8. The van der Waals surface area contributed by atoms with Crippen molar-refractivity contribution < 1.29 is 27.8 Å². The number of carbonyl (C=O) groups is 1. The SMILES string of the molecule is O=C(O)c1ccc(CCc2cc(Cl)cc(Br)c2OCc2cc(F)cc(F)c2F)cc1. The molecule has 0 radical (unpaired) electrons. The summed E-state index contributed by atoms with van der Waals surface area (Å²) in [5.41, 5.74) is 1.55. The summed E-state index contributed by atoms with van der Waals surface area (Å²) in [4.78, 5) is 11.0. The summed E-state index contributed by atoms with van der Waals surface area (Å²) in [6.07, 6.45) is 1.05. The number of aromatic carboxylic acids is 1. The minimum Gasteiger partial charge on any atom is -0.487 e. The van der Waals surface area contributed by atoms with Crippen LogP contribution in [0.3, 0.4) is 0 Å². The van der Waals surface area contributed by atoms with Crippen molar-refractivity contribution in [2.75, 3.05) is 0 Å². The van der Waals surface area contributed by atoms with Crippen molar-refractivity contribution in [3.05, 3.63) is 97.7 Å². The van der Waals surface area contributed by atoms with Gasteiger partial charge in [-0.15, -0.1) is 0 Å². The minimum absolute atomic E-state index is 0.192. The third kappa shape index (κ3) is 5.34. The molecule has 156 valence electrons. The number of carboxylic acids is 1. The zero-order valence-electron chi connectivity index (χ0n) is 15.4. The molecule has 0 aliphatic carbocycles. The number of hydrogen-bond acceptors (Lipinski definition) is 2. The van der Waals surface area contributed by atoms with Crippen molar-refractivity contribution >= 4 is 33.5 Å². The Morgan fingerprint density at radius 3 is 2.37 bits per heavy atom. The number of halogens is 5. The van der Waals surface area contributed by atoms with Crippen LogP contribution in [0.4, 0.5) is 13.2 Å². The van der Waals surface area contributed by atoms with Gasteiger partial charge in [0.25, 0.3) is 0 Å². The number of carboxylic acid groups (broad SMARTS) is 1.